The highest BCUT2D eigenvalue weighted by molar-refractivity contribution is 5.48. The molecule has 0 aliphatic rings. The van der Waals surface area contributed by atoms with Gasteiger partial charge in [0, 0.05) is 12.2 Å². The van der Waals surface area contributed by atoms with Gasteiger partial charge in [0.1, 0.15) is 5.75 Å². The molecule has 0 spiro atoms. The maximum Gasteiger partial charge on any atom is 0.169 e. The van der Waals surface area contributed by atoms with Gasteiger partial charge >= 0.3 is 0 Å². The number of benzene rings is 2. The lowest BCUT2D eigenvalue weighted by atomic mass is 10.3. The summed E-state index contributed by atoms with van der Waals surface area (Å²) >= 11 is 0. The second-order valence-corrected chi connectivity index (χ2v) is 4.20. The van der Waals surface area contributed by atoms with Crippen molar-refractivity contribution in [2.45, 2.75) is 13.3 Å². The van der Waals surface area contributed by atoms with Gasteiger partial charge in [-0.25, -0.2) is 0 Å². The first-order valence-electron chi connectivity index (χ1n) is 6.48. The van der Waals surface area contributed by atoms with Crippen LogP contribution in [-0.2, 0) is 0 Å². The van der Waals surface area contributed by atoms with Gasteiger partial charge in [-0.05, 0) is 42.8 Å². The first kappa shape index (κ1) is 13.3. The van der Waals surface area contributed by atoms with Crippen molar-refractivity contribution >= 4 is 5.69 Å². The normalized spacial score (nSPS) is 10.0. The van der Waals surface area contributed by atoms with E-state index in [0.717, 1.165) is 35.9 Å². The van der Waals surface area contributed by atoms with E-state index in [1.54, 1.807) is 7.11 Å². The third-order valence-electron chi connectivity index (χ3n) is 2.73. The Balaban J connectivity index is 2.06. The fourth-order valence-electron chi connectivity index (χ4n) is 1.74. The monoisotopic (exact) mass is 257 g/mol. The van der Waals surface area contributed by atoms with Gasteiger partial charge in [0.15, 0.2) is 11.5 Å². The van der Waals surface area contributed by atoms with Crippen molar-refractivity contribution in [1.29, 1.82) is 0 Å². The molecule has 0 heterocycles. The number of hydrogen-bond donors (Lipinski definition) is 1. The first-order chi connectivity index (χ1) is 9.33. The molecule has 0 bridgehead atoms. The first-order valence-corrected chi connectivity index (χ1v) is 6.48. The van der Waals surface area contributed by atoms with Crippen LogP contribution in [0.15, 0.2) is 48.5 Å². The molecule has 1 N–H and O–H groups in total. The molecule has 0 unspecified atom stereocenters. The fraction of sp³-hybridized carbons (Fsp3) is 0.250. The number of hydrogen-bond acceptors (Lipinski definition) is 3. The van der Waals surface area contributed by atoms with Crippen LogP contribution in [0.5, 0.6) is 17.2 Å². The Bertz CT molecular complexity index is 508. The van der Waals surface area contributed by atoms with Gasteiger partial charge < -0.3 is 14.8 Å². The highest BCUT2D eigenvalue weighted by Gasteiger charge is 2.03. The van der Waals surface area contributed by atoms with Crippen LogP contribution in [0, 0.1) is 0 Å². The molecule has 0 saturated carbocycles. The van der Waals surface area contributed by atoms with Gasteiger partial charge in [0.25, 0.3) is 0 Å². The highest BCUT2D eigenvalue weighted by Crippen LogP contribution is 2.31. The largest absolute Gasteiger partial charge is 0.493 e. The minimum Gasteiger partial charge on any atom is -0.493 e. The average molecular weight is 257 g/mol. The molecular weight excluding hydrogens is 238 g/mol. The molecule has 0 radical (unpaired) electrons. The van der Waals surface area contributed by atoms with Gasteiger partial charge in [-0.15, -0.1) is 0 Å². The van der Waals surface area contributed by atoms with E-state index in [1.165, 1.54) is 0 Å². The smallest absolute Gasteiger partial charge is 0.169 e. The number of anilines is 1. The summed E-state index contributed by atoms with van der Waals surface area (Å²) in [5.74, 6) is 2.25. The molecule has 0 amide bonds. The molecule has 0 aromatic heterocycles. The van der Waals surface area contributed by atoms with Crippen LogP contribution >= 0.6 is 0 Å². The van der Waals surface area contributed by atoms with Gasteiger partial charge in [-0.2, -0.15) is 0 Å². The maximum absolute atomic E-state index is 5.81. The molecule has 0 fully saturated rings. The van der Waals surface area contributed by atoms with Crippen LogP contribution < -0.4 is 14.8 Å². The molecule has 2 aromatic rings. The zero-order chi connectivity index (χ0) is 13.5. The number of ether oxygens (including phenoxy) is 2. The standard InChI is InChI=1S/C16H19NO2/c1-3-12-17-13-8-10-14(11-9-13)19-16-7-5-4-6-15(16)18-2/h4-11,17H,3,12H2,1-2H3. The molecule has 0 aliphatic heterocycles. The zero-order valence-corrected chi connectivity index (χ0v) is 11.3. The van der Waals surface area contributed by atoms with E-state index in [-0.39, 0.29) is 0 Å². The van der Waals surface area contributed by atoms with E-state index in [2.05, 4.69) is 12.2 Å². The van der Waals surface area contributed by atoms with Crippen LogP contribution in [-0.4, -0.2) is 13.7 Å². The molecule has 2 rings (SSSR count). The second kappa shape index (κ2) is 6.69. The zero-order valence-electron chi connectivity index (χ0n) is 11.3. The minimum absolute atomic E-state index is 0.722. The number of nitrogens with one attached hydrogen (secondary N) is 1. The second-order valence-electron chi connectivity index (χ2n) is 4.20. The summed E-state index contributed by atoms with van der Waals surface area (Å²) < 4.78 is 11.1. The predicted octanol–water partition coefficient (Wildman–Crippen LogP) is 4.31. The number of para-hydroxylation sites is 2. The van der Waals surface area contributed by atoms with Crippen molar-refractivity contribution in [2.24, 2.45) is 0 Å². The Morgan fingerprint density at radius 2 is 1.63 bits per heavy atom. The predicted molar refractivity (Wildman–Crippen MR) is 78.3 cm³/mol. The molecular formula is C16H19NO2. The molecule has 2 aromatic carbocycles. The third-order valence-corrected chi connectivity index (χ3v) is 2.73. The lowest BCUT2D eigenvalue weighted by molar-refractivity contribution is 0.379. The molecule has 19 heavy (non-hydrogen) atoms. The Labute approximate surface area is 114 Å². The summed E-state index contributed by atoms with van der Waals surface area (Å²) in [5.41, 5.74) is 1.11. The Morgan fingerprint density at radius 1 is 0.947 bits per heavy atom. The van der Waals surface area contributed by atoms with Gasteiger partial charge in [-0.3, -0.25) is 0 Å². The molecule has 0 saturated heterocycles. The number of rotatable bonds is 6. The van der Waals surface area contributed by atoms with Gasteiger partial charge in [0.05, 0.1) is 7.11 Å². The van der Waals surface area contributed by atoms with Crippen molar-refractivity contribution in [3.05, 3.63) is 48.5 Å². The van der Waals surface area contributed by atoms with Crippen molar-refractivity contribution in [1.82, 2.24) is 0 Å². The van der Waals surface area contributed by atoms with E-state index in [0.29, 0.717) is 0 Å². The van der Waals surface area contributed by atoms with Crippen LogP contribution in [0.4, 0.5) is 5.69 Å². The Morgan fingerprint density at radius 3 is 2.26 bits per heavy atom. The van der Waals surface area contributed by atoms with E-state index in [1.807, 2.05) is 48.5 Å². The van der Waals surface area contributed by atoms with Crippen LogP contribution in [0.2, 0.25) is 0 Å². The highest BCUT2D eigenvalue weighted by atomic mass is 16.5. The SMILES string of the molecule is CCCNc1ccc(Oc2ccccc2OC)cc1. The fourth-order valence-corrected chi connectivity index (χ4v) is 1.74. The molecule has 0 aliphatic carbocycles. The lowest BCUT2D eigenvalue weighted by Crippen LogP contribution is -1.99. The van der Waals surface area contributed by atoms with Crippen molar-refractivity contribution in [3.63, 3.8) is 0 Å². The molecule has 3 nitrogen and oxygen atoms in total. The maximum atomic E-state index is 5.81. The van der Waals surface area contributed by atoms with Crippen molar-refractivity contribution in [2.75, 3.05) is 19.0 Å². The summed E-state index contributed by atoms with van der Waals surface area (Å²) in [4.78, 5) is 0. The third kappa shape index (κ3) is 3.65. The Hall–Kier alpha value is -2.16. The van der Waals surface area contributed by atoms with Crippen LogP contribution in [0.25, 0.3) is 0 Å². The Kier molecular flexibility index (Phi) is 4.67. The van der Waals surface area contributed by atoms with Crippen LogP contribution in [0.3, 0.4) is 0 Å². The van der Waals surface area contributed by atoms with E-state index in [4.69, 9.17) is 9.47 Å². The summed E-state index contributed by atoms with van der Waals surface area (Å²) in [6.07, 6.45) is 1.11. The topological polar surface area (TPSA) is 30.5 Å². The molecule has 100 valence electrons. The van der Waals surface area contributed by atoms with Crippen molar-refractivity contribution < 1.29 is 9.47 Å². The summed E-state index contributed by atoms with van der Waals surface area (Å²) in [6, 6.07) is 15.5. The van der Waals surface area contributed by atoms with Gasteiger partial charge in [-0.1, -0.05) is 19.1 Å². The quantitative estimate of drug-likeness (QED) is 0.836. The van der Waals surface area contributed by atoms with E-state index in [9.17, 15) is 0 Å². The summed E-state index contributed by atoms with van der Waals surface area (Å²) in [7, 11) is 1.64. The van der Waals surface area contributed by atoms with Gasteiger partial charge in [0.2, 0.25) is 0 Å². The molecule has 3 heteroatoms. The lowest BCUT2D eigenvalue weighted by Gasteiger charge is -2.10. The minimum atomic E-state index is 0.722. The van der Waals surface area contributed by atoms with E-state index < -0.39 is 0 Å². The van der Waals surface area contributed by atoms with E-state index >= 15 is 0 Å². The summed E-state index contributed by atoms with van der Waals surface area (Å²) in [6.45, 7) is 3.12. The number of methoxy groups -OCH3 is 1. The van der Waals surface area contributed by atoms with Crippen molar-refractivity contribution in [3.8, 4) is 17.2 Å². The molecule has 0 atom stereocenters. The summed E-state index contributed by atoms with van der Waals surface area (Å²) in [5, 5.41) is 3.33. The van der Waals surface area contributed by atoms with Crippen LogP contribution in [0.1, 0.15) is 13.3 Å². The average Bonchev–Trinajstić information content (AvgIpc) is 2.47.